The standard InChI is InChI=1S/C13H16N2O2/c1-16-11-6-4-10(5-7-11)12-9-17-13(15-12)3-2-8-14/h4-7,9H,2-3,8,14H2,1H3. The molecular formula is C13H16N2O2. The van der Waals surface area contributed by atoms with Gasteiger partial charge in [-0.15, -0.1) is 0 Å². The summed E-state index contributed by atoms with van der Waals surface area (Å²) < 4.78 is 10.5. The Balaban J connectivity index is 2.12. The number of methoxy groups -OCH3 is 1. The lowest BCUT2D eigenvalue weighted by Gasteiger charge is -1.99. The lowest BCUT2D eigenvalue weighted by atomic mass is 10.2. The molecule has 2 rings (SSSR count). The third-order valence-electron chi connectivity index (χ3n) is 2.53. The summed E-state index contributed by atoms with van der Waals surface area (Å²) in [5.41, 5.74) is 7.31. The Morgan fingerprint density at radius 1 is 1.29 bits per heavy atom. The maximum atomic E-state index is 5.44. The normalized spacial score (nSPS) is 10.5. The number of hydrogen-bond acceptors (Lipinski definition) is 4. The van der Waals surface area contributed by atoms with Crippen LogP contribution in [0.4, 0.5) is 0 Å². The minimum Gasteiger partial charge on any atom is -0.497 e. The summed E-state index contributed by atoms with van der Waals surface area (Å²) in [5.74, 6) is 1.57. The highest BCUT2D eigenvalue weighted by Crippen LogP contribution is 2.21. The molecule has 2 N–H and O–H groups in total. The zero-order chi connectivity index (χ0) is 12.1. The van der Waals surface area contributed by atoms with Crippen LogP contribution in [0.15, 0.2) is 34.9 Å². The first-order valence-electron chi connectivity index (χ1n) is 5.62. The van der Waals surface area contributed by atoms with Crippen LogP contribution in [0.5, 0.6) is 5.75 Å². The van der Waals surface area contributed by atoms with Crippen molar-refractivity contribution >= 4 is 0 Å². The van der Waals surface area contributed by atoms with Crippen molar-refractivity contribution in [2.75, 3.05) is 13.7 Å². The molecule has 0 spiro atoms. The van der Waals surface area contributed by atoms with Crippen molar-refractivity contribution < 1.29 is 9.15 Å². The molecule has 0 atom stereocenters. The third kappa shape index (κ3) is 2.85. The van der Waals surface area contributed by atoms with Gasteiger partial charge in [0.15, 0.2) is 5.89 Å². The zero-order valence-electron chi connectivity index (χ0n) is 9.85. The van der Waals surface area contributed by atoms with Crippen molar-refractivity contribution in [3.8, 4) is 17.0 Å². The average molecular weight is 232 g/mol. The molecule has 0 amide bonds. The number of benzene rings is 1. The topological polar surface area (TPSA) is 61.3 Å². The smallest absolute Gasteiger partial charge is 0.194 e. The Labute approximate surface area is 100 Å². The largest absolute Gasteiger partial charge is 0.497 e. The fourth-order valence-electron chi connectivity index (χ4n) is 1.57. The molecule has 0 aliphatic heterocycles. The molecule has 0 unspecified atom stereocenters. The van der Waals surface area contributed by atoms with Gasteiger partial charge in [0.05, 0.1) is 7.11 Å². The van der Waals surface area contributed by atoms with Crippen LogP contribution in [-0.2, 0) is 6.42 Å². The van der Waals surface area contributed by atoms with Crippen molar-refractivity contribution in [3.63, 3.8) is 0 Å². The molecule has 90 valence electrons. The SMILES string of the molecule is COc1ccc(-c2coc(CCCN)n2)cc1. The Morgan fingerprint density at radius 2 is 2.06 bits per heavy atom. The van der Waals surface area contributed by atoms with E-state index in [0.717, 1.165) is 35.7 Å². The first kappa shape index (κ1) is 11.7. The van der Waals surface area contributed by atoms with Gasteiger partial charge in [-0.3, -0.25) is 0 Å². The predicted molar refractivity (Wildman–Crippen MR) is 65.9 cm³/mol. The van der Waals surface area contributed by atoms with E-state index in [1.54, 1.807) is 13.4 Å². The van der Waals surface area contributed by atoms with Crippen molar-refractivity contribution in [3.05, 3.63) is 36.4 Å². The monoisotopic (exact) mass is 232 g/mol. The van der Waals surface area contributed by atoms with Crippen LogP contribution >= 0.6 is 0 Å². The summed E-state index contributed by atoms with van der Waals surface area (Å²) in [4.78, 5) is 4.41. The van der Waals surface area contributed by atoms with Crippen LogP contribution in [0, 0.1) is 0 Å². The van der Waals surface area contributed by atoms with Crippen LogP contribution < -0.4 is 10.5 Å². The van der Waals surface area contributed by atoms with Crippen molar-refractivity contribution in [2.24, 2.45) is 5.73 Å². The summed E-state index contributed by atoms with van der Waals surface area (Å²) in [6.45, 7) is 0.653. The molecule has 0 fully saturated rings. The molecule has 1 aromatic heterocycles. The van der Waals surface area contributed by atoms with Crippen LogP contribution in [0.3, 0.4) is 0 Å². The van der Waals surface area contributed by atoms with E-state index in [2.05, 4.69) is 4.98 Å². The van der Waals surface area contributed by atoms with Gasteiger partial charge in [-0.25, -0.2) is 4.98 Å². The van der Waals surface area contributed by atoms with Crippen LogP contribution in [-0.4, -0.2) is 18.6 Å². The minimum atomic E-state index is 0.653. The highest BCUT2D eigenvalue weighted by atomic mass is 16.5. The second-order valence-electron chi connectivity index (χ2n) is 3.75. The number of aromatic nitrogens is 1. The Kier molecular flexibility index (Phi) is 3.77. The van der Waals surface area contributed by atoms with Crippen molar-refractivity contribution in [2.45, 2.75) is 12.8 Å². The van der Waals surface area contributed by atoms with Crippen LogP contribution in [0.2, 0.25) is 0 Å². The molecule has 0 aliphatic rings. The van der Waals surface area contributed by atoms with Gasteiger partial charge < -0.3 is 14.9 Å². The molecule has 17 heavy (non-hydrogen) atoms. The van der Waals surface area contributed by atoms with Crippen LogP contribution in [0.1, 0.15) is 12.3 Å². The van der Waals surface area contributed by atoms with Crippen molar-refractivity contribution in [1.82, 2.24) is 4.98 Å². The van der Waals surface area contributed by atoms with E-state index >= 15 is 0 Å². The third-order valence-corrected chi connectivity index (χ3v) is 2.53. The van der Waals surface area contributed by atoms with E-state index in [9.17, 15) is 0 Å². The van der Waals surface area contributed by atoms with E-state index in [-0.39, 0.29) is 0 Å². The highest BCUT2D eigenvalue weighted by molar-refractivity contribution is 5.58. The van der Waals surface area contributed by atoms with Gasteiger partial charge >= 0.3 is 0 Å². The molecule has 0 radical (unpaired) electrons. The lowest BCUT2D eigenvalue weighted by molar-refractivity contribution is 0.415. The van der Waals surface area contributed by atoms with Gasteiger partial charge in [-0.05, 0) is 37.2 Å². The number of aryl methyl sites for hydroxylation is 1. The number of rotatable bonds is 5. The van der Waals surface area contributed by atoms with Gasteiger partial charge in [0.2, 0.25) is 0 Å². The molecule has 4 nitrogen and oxygen atoms in total. The molecule has 0 saturated carbocycles. The second-order valence-corrected chi connectivity index (χ2v) is 3.75. The fourth-order valence-corrected chi connectivity index (χ4v) is 1.57. The molecule has 0 bridgehead atoms. The lowest BCUT2D eigenvalue weighted by Crippen LogP contribution is -2.00. The van der Waals surface area contributed by atoms with E-state index < -0.39 is 0 Å². The first-order valence-corrected chi connectivity index (χ1v) is 5.62. The Bertz CT molecular complexity index is 463. The number of oxazole rings is 1. The quantitative estimate of drug-likeness (QED) is 0.858. The molecule has 0 aliphatic carbocycles. The molecule has 1 aromatic carbocycles. The molecular weight excluding hydrogens is 216 g/mol. The minimum absolute atomic E-state index is 0.653. The van der Waals surface area contributed by atoms with Gasteiger partial charge in [0.25, 0.3) is 0 Å². The number of nitrogens with two attached hydrogens (primary N) is 1. The summed E-state index contributed by atoms with van der Waals surface area (Å²) in [6, 6.07) is 7.74. The number of nitrogens with zero attached hydrogens (tertiary/aromatic N) is 1. The Hall–Kier alpha value is -1.81. The van der Waals surface area contributed by atoms with E-state index in [1.165, 1.54) is 0 Å². The summed E-state index contributed by atoms with van der Waals surface area (Å²) >= 11 is 0. The van der Waals surface area contributed by atoms with Gasteiger partial charge in [-0.1, -0.05) is 0 Å². The second kappa shape index (κ2) is 5.50. The molecule has 0 saturated heterocycles. The molecule has 4 heteroatoms. The van der Waals surface area contributed by atoms with Gasteiger partial charge in [0, 0.05) is 12.0 Å². The maximum absolute atomic E-state index is 5.44. The fraction of sp³-hybridized carbons (Fsp3) is 0.308. The summed E-state index contributed by atoms with van der Waals surface area (Å²) in [6.07, 6.45) is 3.35. The highest BCUT2D eigenvalue weighted by Gasteiger charge is 2.05. The van der Waals surface area contributed by atoms with Crippen LogP contribution in [0.25, 0.3) is 11.3 Å². The summed E-state index contributed by atoms with van der Waals surface area (Å²) in [5, 5.41) is 0. The molecule has 2 aromatic rings. The van der Waals surface area contributed by atoms with Gasteiger partial charge in [0.1, 0.15) is 17.7 Å². The van der Waals surface area contributed by atoms with Gasteiger partial charge in [-0.2, -0.15) is 0 Å². The van der Waals surface area contributed by atoms with E-state index in [0.29, 0.717) is 6.54 Å². The first-order chi connectivity index (χ1) is 8.33. The maximum Gasteiger partial charge on any atom is 0.194 e. The van der Waals surface area contributed by atoms with E-state index in [4.69, 9.17) is 14.9 Å². The summed E-state index contributed by atoms with van der Waals surface area (Å²) in [7, 11) is 1.65. The Morgan fingerprint density at radius 3 is 2.71 bits per heavy atom. The van der Waals surface area contributed by atoms with E-state index in [1.807, 2.05) is 24.3 Å². The number of hydrogen-bond donors (Lipinski definition) is 1. The molecule has 1 heterocycles. The average Bonchev–Trinajstić information content (AvgIpc) is 2.85. The van der Waals surface area contributed by atoms with Crippen molar-refractivity contribution in [1.29, 1.82) is 0 Å². The predicted octanol–water partition coefficient (Wildman–Crippen LogP) is 2.24. The zero-order valence-corrected chi connectivity index (χ0v) is 9.85. The number of ether oxygens (including phenoxy) is 1.